The molecule has 24 nitrogen and oxygen atoms in total. The van der Waals surface area contributed by atoms with Crippen molar-refractivity contribution in [2.24, 2.45) is 0 Å². The first-order valence-electron chi connectivity index (χ1n) is 23.1. The normalized spacial score (nSPS) is 10.6. The molecule has 24 heteroatoms. The maximum atomic E-state index is 13.3. The molecule has 0 saturated heterocycles. The van der Waals surface area contributed by atoms with Gasteiger partial charge in [0.1, 0.15) is 61.4 Å². The first-order chi connectivity index (χ1) is 36.3. The van der Waals surface area contributed by atoms with Crippen LogP contribution in [0.2, 0.25) is 0 Å². The number of rotatable bonds is 28. The Morgan fingerprint density at radius 1 is 0.487 bits per heavy atom. The second-order valence-corrected chi connectivity index (χ2v) is 16.2. The van der Waals surface area contributed by atoms with Crippen molar-refractivity contribution >= 4 is 75.9 Å². The van der Waals surface area contributed by atoms with Crippen molar-refractivity contribution in [3.8, 4) is 39.7 Å². The second-order valence-electron chi connectivity index (χ2n) is 16.2. The van der Waals surface area contributed by atoms with Crippen molar-refractivity contribution < 1.29 is 99.7 Å². The van der Waals surface area contributed by atoms with Crippen molar-refractivity contribution in [2.75, 3.05) is 83.0 Å². The van der Waals surface area contributed by atoms with Crippen LogP contribution in [0.5, 0.6) is 17.2 Å². The Balaban J connectivity index is 1.56. The Kier molecular flexibility index (Phi) is 21.5. The highest BCUT2D eigenvalue weighted by Crippen LogP contribution is 2.43. The van der Waals surface area contributed by atoms with Gasteiger partial charge in [-0.1, -0.05) is 12.1 Å². The first-order valence-corrected chi connectivity index (χ1v) is 23.1. The van der Waals surface area contributed by atoms with E-state index in [-0.39, 0.29) is 78.2 Å². The van der Waals surface area contributed by atoms with Crippen LogP contribution in [0.15, 0.2) is 82.0 Å². The Hall–Kier alpha value is -9.22. The molecular formula is C52H54N2O22. The molecule has 0 amide bonds. The summed E-state index contributed by atoms with van der Waals surface area (Å²) < 4.78 is 63.9. The number of Topliss-reactive ketones (excluding diaryl/α,β-unsaturated/α-hetero) is 1. The lowest BCUT2D eigenvalue weighted by molar-refractivity contribution is -0.167. The summed E-state index contributed by atoms with van der Waals surface area (Å²) in [5.41, 5.74) is 2.46. The number of ether oxygens (including phenoxy) is 11. The summed E-state index contributed by atoms with van der Waals surface area (Å²) in [6.45, 7) is 2.12. The summed E-state index contributed by atoms with van der Waals surface area (Å²) in [6, 6.07) is 18.8. The van der Waals surface area contributed by atoms with E-state index in [1.165, 1.54) is 41.8 Å². The van der Waals surface area contributed by atoms with E-state index < -0.39 is 100 Å². The number of carbonyl (C=O) groups excluding carboxylic acids is 9. The predicted octanol–water partition coefficient (Wildman–Crippen LogP) is 4.56. The zero-order valence-corrected chi connectivity index (χ0v) is 42.3. The fraction of sp³-hybridized carbons (Fsp3) is 0.346. The molecule has 0 bridgehead atoms. The van der Waals surface area contributed by atoms with Gasteiger partial charge in [-0.05, 0) is 66.6 Å². The van der Waals surface area contributed by atoms with Crippen molar-refractivity contribution in [2.45, 2.75) is 48.0 Å². The third kappa shape index (κ3) is 18.4. The Morgan fingerprint density at radius 3 is 1.55 bits per heavy atom. The van der Waals surface area contributed by atoms with Crippen molar-refractivity contribution in [3.63, 3.8) is 0 Å². The second kappa shape index (κ2) is 28.3. The first kappa shape index (κ1) is 57.7. The fourth-order valence-corrected chi connectivity index (χ4v) is 6.97. The SMILES string of the molecule is CC(=O)OCCC(=O)CN(CC(=O)OCOC(C)=O)c1ccc(C)cc1OCCOc1cc(-c2c3ccc(=O)cc-3oc3cc(OCOC(C)=O)ccc23)ccc1N(CC(=O)OCOC(C)=O)CC(=O)OCOC(C)=O. The lowest BCUT2D eigenvalue weighted by Crippen LogP contribution is -2.37. The van der Waals surface area contributed by atoms with E-state index in [0.29, 0.717) is 27.6 Å². The van der Waals surface area contributed by atoms with Gasteiger partial charge in [-0.25, -0.2) is 0 Å². The lowest BCUT2D eigenvalue weighted by atomic mass is 9.93. The minimum Gasteiger partial charge on any atom is -0.488 e. The van der Waals surface area contributed by atoms with E-state index in [9.17, 15) is 47.9 Å². The topological polar surface area (TPSA) is 292 Å². The van der Waals surface area contributed by atoms with E-state index in [1.807, 2.05) is 0 Å². The molecule has 1 aliphatic carbocycles. The van der Waals surface area contributed by atoms with Crippen molar-refractivity contribution in [3.05, 3.63) is 88.6 Å². The van der Waals surface area contributed by atoms with Gasteiger partial charge in [0, 0.05) is 69.7 Å². The highest BCUT2D eigenvalue weighted by molar-refractivity contribution is 6.03. The Morgan fingerprint density at radius 2 is 1.00 bits per heavy atom. The Bertz CT molecular complexity index is 2900. The van der Waals surface area contributed by atoms with Gasteiger partial charge in [-0.2, -0.15) is 0 Å². The number of aryl methyl sites for hydroxylation is 1. The fourth-order valence-electron chi connectivity index (χ4n) is 6.97. The summed E-state index contributed by atoms with van der Waals surface area (Å²) in [5, 5.41) is 0.518. The van der Waals surface area contributed by atoms with Crippen LogP contribution in [0.3, 0.4) is 0 Å². The highest BCUT2D eigenvalue weighted by atomic mass is 16.7. The van der Waals surface area contributed by atoms with Gasteiger partial charge in [0.2, 0.25) is 27.2 Å². The van der Waals surface area contributed by atoms with Gasteiger partial charge in [0.25, 0.3) is 0 Å². The third-order valence-electron chi connectivity index (χ3n) is 10.3. The van der Waals surface area contributed by atoms with Gasteiger partial charge in [-0.15, -0.1) is 0 Å². The number of hydrogen-bond acceptors (Lipinski definition) is 24. The van der Waals surface area contributed by atoms with Gasteiger partial charge < -0.3 is 66.3 Å². The van der Waals surface area contributed by atoms with Crippen LogP contribution in [-0.4, -0.2) is 127 Å². The zero-order valence-electron chi connectivity index (χ0n) is 42.3. The highest BCUT2D eigenvalue weighted by Gasteiger charge is 2.26. The molecule has 0 radical (unpaired) electrons. The summed E-state index contributed by atoms with van der Waals surface area (Å²) in [6.07, 6.45) is -0.184. The molecule has 0 aromatic heterocycles. The third-order valence-corrected chi connectivity index (χ3v) is 10.3. The number of benzene rings is 4. The molecular weight excluding hydrogens is 1000 g/mol. The minimum atomic E-state index is -0.953. The van der Waals surface area contributed by atoms with E-state index in [0.717, 1.165) is 20.8 Å². The molecule has 76 heavy (non-hydrogen) atoms. The van der Waals surface area contributed by atoms with E-state index in [2.05, 4.69) is 0 Å². The molecule has 3 aromatic rings. The average Bonchev–Trinajstić information content (AvgIpc) is 3.33. The van der Waals surface area contributed by atoms with Gasteiger partial charge in [-0.3, -0.25) is 47.9 Å². The summed E-state index contributed by atoms with van der Waals surface area (Å²) >= 11 is 0. The standard InChI is InChI=1S/C52H54N2O22/c1-31-7-13-43(53(23-39(61)15-16-65-32(2)55)24-49(62)73-28-69-34(4)57)47(19-31)66-17-18-67-48-20-37(8-14-44(48)54(25-50(63)74-29-70-35(5)58)26-51(64)75-30-71-36(6)59)52-41-11-9-38(60)21-45(41)76-46-22-40(10-12-42(46)52)72-27-68-33(3)56/h7-14,19-22H,15-18,23-30H2,1-6H3. The largest absolute Gasteiger partial charge is 0.488 e. The molecule has 0 spiro atoms. The number of carbonyl (C=O) groups is 9. The monoisotopic (exact) mass is 1060 g/mol. The molecule has 5 rings (SSSR count). The molecule has 0 unspecified atom stereocenters. The van der Waals surface area contributed by atoms with Crippen LogP contribution in [0.1, 0.15) is 46.6 Å². The summed E-state index contributed by atoms with van der Waals surface area (Å²) in [5.74, 6) is -5.81. The van der Waals surface area contributed by atoms with Gasteiger partial charge >= 0.3 is 47.8 Å². The van der Waals surface area contributed by atoms with Crippen LogP contribution in [0, 0.1) is 6.92 Å². The predicted molar refractivity (Wildman–Crippen MR) is 263 cm³/mol. The molecule has 2 aliphatic rings. The van der Waals surface area contributed by atoms with Crippen molar-refractivity contribution in [1.29, 1.82) is 0 Å². The molecule has 0 atom stereocenters. The quantitative estimate of drug-likeness (QED) is 0.0218. The number of esters is 8. The molecule has 1 aliphatic heterocycles. The number of ketones is 1. The summed E-state index contributed by atoms with van der Waals surface area (Å²) in [4.78, 5) is 125. The van der Waals surface area contributed by atoms with E-state index in [4.69, 9.17) is 56.5 Å². The van der Waals surface area contributed by atoms with E-state index in [1.54, 1.807) is 61.5 Å². The maximum Gasteiger partial charge on any atom is 0.328 e. The Labute approximate surface area is 433 Å². The number of hydrogen-bond donors (Lipinski definition) is 0. The molecule has 3 aromatic carbocycles. The lowest BCUT2D eigenvalue weighted by Gasteiger charge is -2.27. The van der Waals surface area contributed by atoms with Crippen LogP contribution in [-0.2, 0) is 81.0 Å². The van der Waals surface area contributed by atoms with E-state index >= 15 is 0 Å². The molecule has 0 saturated carbocycles. The summed E-state index contributed by atoms with van der Waals surface area (Å²) in [7, 11) is 0. The zero-order chi connectivity index (χ0) is 55.3. The number of anilines is 2. The molecule has 404 valence electrons. The molecule has 0 fully saturated rings. The van der Waals surface area contributed by atoms with Crippen LogP contribution in [0.25, 0.3) is 33.4 Å². The molecule has 1 heterocycles. The van der Waals surface area contributed by atoms with Crippen LogP contribution >= 0.6 is 0 Å². The number of fused-ring (bicyclic) bond motifs is 2. The van der Waals surface area contributed by atoms with Crippen LogP contribution < -0.4 is 29.4 Å². The average molecular weight is 1060 g/mol. The minimum absolute atomic E-state index is 0.0329. The van der Waals surface area contributed by atoms with Crippen molar-refractivity contribution in [1.82, 2.24) is 0 Å². The number of nitrogens with zero attached hydrogens (tertiary/aromatic N) is 2. The molecule has 0 N–H and O–H groups in total. The smallest absolute Gasteiger partial charge is 0.328 e. The maximum absolute atomic E-state index is 13.3. The van der Waals surface area contributed by atoms with Gasteiger partial charge in [0.05, 0.1) is 24.5 Å². The van der Waals surface area contributed by atoms with Crippen LogP contribution in [0.4, 0.5) is 11.4 Å². The van der Waals surface area contributed by atoms with Gasteiger partial charge in [0.15, 0.2) is 11.2 Å².